The molecular formula is C51H47BN2O3. The summed E-state index contributed by atoms with van der Waals surface area (Å²) in [6.07, 6.45) is 0. The summed E-state index contributed by atoms with van der Waals surface area (Å²) in [6, 6.07) is 61.6. The zero-order valence-electron chi connectivity index (χ0n) is 33.4. The summed E-state index contributed by atoms with van der Waals surface area (Å²) in [5.41, 5.74) is 10.8. The maximum Gasteiger partial charge on any atom is 0.500 e. The second-order valence-electron chi connectivity index (χ2n) is 16.5. The van der Waals surface area contributed by atoms with E-state index in [2.05, 4.69) is 209 Å². The van der Waals surface area contributed by atoms with Crippen molar-refractivity contribution in [2.45, 2.75) is 58.2 Å². The predicted octanol–water partition coefficient (Wildman–Crippen LogP) is 13.0. The number of fused-ring (bicyclic) bond motifs is 3. The van der Waals surface area contributed by atoms with Crippen molar-refractivity contribution in [1.29, 1.82) is 0 Å². The Bertz CT molecular complexity index is 2450. The van der Waals surface area contributed by atoms with Gasteiger partial charge in [-0.1, -0.05) is 105 Å². The highest BCUT2D eigenvalue weighted by Gasteiger charge is 2.53. The summed E-state index contributed by atoms with van der Waals surface area (Å²) in [5, 5.41) is 0. The molecule has 0 amide bonds. The average molecular weight is 747 g/mol. The van der Waals surface area contributed by atoms with Crippen LogP contribution in [0.4, 0.5) is 34.1 Å². The smallest absolute Gasteiger partial charge is 0.458 e. The van der Waals surface area contributed by atoms with E-state index in [9.17, 15) is 0 Å². The van der Waals surface area contributed by atoms with Crippen LogP contribution in [-0.4, -0.2) is 18.3 Å². The highest BCUT2D eigenvalue weighted by molar-refractivity contribution is 6.65. The van der Waals surface area contributed by atoms with E-state index < -0.39 is 18.3 Å². The van der Waals surface area contributed by atoms with Gasteiger partial charge in [0.25, 0.3) is 0 Å². The Labute approximate surface area is 337 Å². The Morgan fingerprint density at radius 2 is 0.947 bits per heavy atom. The van der Waals surface area contributed by atoms with Gasteiger partial charge < -0.3 is 23.8 Å². The molecule has 57 heavy (non-hydrogen) atoms. The van der Waals surface area contributed by atoms with Gasteiger partial charge in [-0.15, -0.1) is 0 Å². The summed E-state index contributed by atoms with van der Waals surface area (Å²) in [5.74, 6) is 1.43. The number of anilines is 6. The van der Waals surface area contributed by atoms with Gasteiger partial charge >= 0.3 is 7.12 Å². The monoisotopic (exact) mass is 746 g/mol. The largest absolute Gasteiger partial charge is 0.500 e. The van der Waals surface area contributed by atoms with Crippen LogP contribution in [0, 0.1) is 0 Å². The summed E-state index contributed by atoms with van der Waals surface area (Å²) >= 11 is 0. The van der Waals surface area contributed by atoms with Crippen molar-refractivity contribution in [2.24, 2.45) is 0 Å². The number of hydrogen-bond donors (Lipinski definition) is 0. The third-order valence-corrected chi connectivity index (χ3v) is 11.9. The second-order valence-corrected chi connectivity index (χ2v) is 16.5. The van der Waals surface area contributed by atoms with E-state index in [1.807, 2.05) is 18.2 Å². The third-order valence-electron chi connectivity index (χ3n) is 11.9. The minimum Gasteiger partial charge on any atom is -0.458 e. The summed E-state index contributed by atoms with van der Waals surface area (Å²) < 4.78 is 20.6. The van der Waals surface area contributed by atoms with Crippen LogP contribution in [0.1, 0.15) is 52.7 Å². The average Bonchev–Trinajstić information content (AvgIpc) is 3.58. The Hall–Kier alpha value is -6.08. The molecule has 1 aliphatic carbocycles. The molecule has 0 spiro atoms. The molecule has 0 aromatic heterocycles. The highest BCUT2D eigenvalue weighted by atomic mass is 16.7. The standard InChI is InChI=1S/C51H47BN2O3/c1-49(2)44-33-31-41(35-43(44)42-32-30-40(34-45(42)49)53(36-20-11-7-12-21-36)37-22-13-8-14-23-37)55-47-29-19-28-46(48(47)52-56-50(3,4)51(5,6)57-52)54(38-24-15-9-16-25-38)39-26-17-10-18-27-39/h7-35H,1-6H3. The van der Waals surface area contributed by atoms with Crippen LogP contribution in [0.25, 0.3) is 11.1 Å². The third kappa shape index (κ3) is 6.49. The number of benzene rings is 7. The van der Waals surface area contributed by atoms with Gasteiger partial charge in [-0.05, 0) is 135 Å². The fourth-order valence-electron chi connectivity index (χ4n) is 8.25. The first-order chi connectivity index (χ1) is 27.5. The van der Waals surface area contributed by atoms with E-state index in [4.69, 9.17) is 14.0 Å². The number of para-hydroxylation sites is 4. The maximum atomic E-state index is 7.01. The molecule has 0 radical (unpaired) electrons. The Kier molecular flexibility index (Phi) is 9.07. The van der Waals surface area contributed by atoms with Crippen LogP contribution in [0.5, 0.6) is 11.5 Å². The van der Waals surface area contributed by atoms with Gasteiger partial charge in [0.15, 0.2) is 0 Å². The first-order valence-electron chi connectivity index (χ1n) is 19.8. The van der Waals surface area contributed by atoms with Gasteiger partial charge in [0.2, 0.25) is 0 Å². The Morgan fingerprint density at radius 3 is 1.47 bits per heavy atom. The normalized spacial score (nSPS) is 15.8. The molecule has 282 valence electrons. The van der Waals surface area contributed by atoms with Crippen LogP contribution in [-0.2, 0) is 14.7 Å². The van der Waals surface area contributed by atoms with Crippen molar-refractivity contribution in [3.05, 3.63) is 187 Å². The molecule has 1 saturated heterocycles. The summed E-state index contributed by atoms with van der Waals surface area (Å²) in [4.78, 5) is 4.58. The van der Waals surface area contributed by atoms with E-state index in [1.165, 1.54) is 22.3 Å². The lowest BCUT2D eigenvalue weighted by Crippen LogP contribution is -2.41. The molecule has 6 heteroatoms. The fraction of sp³-hybridized carbons (Fsp3) is 0.176. The number of rotatable bonds is 9. The molecule has 0 bridgehead atoms. The first kappa shape index (κ1) is 36.6. The van der Waals surface area contributed by atoms with Crippen molar-refractivity contribution in [1.82, 2.24) is 0 Å². The zero-order valence-corrected chi connectivity index (χ0v) is 33.4. The van der Waals surface area contributed by atoms with Crippen LogP contribution < -0.4 is 20.0 Å². The minimum absolute atomic E-state index is 0.224. The molecule has 0 atom stereocenters. The van der Waals surface area contributed by atoms with Gasteiger partial charge in [-0.25, -0.2) is 0 Å². The molecule has 5 nitrogen and oxygen atoms in total. The van der Waals surface area contributed by atoms with Gasteiger partial charge in [0, 0.05) is 45.0 Å². The SMILES string of the molecule is CC1(C)c2ccc(Oc3cccc(N(c4ccccc4)c4ccccc4)c3B3OC(C)(C)C(C)(C)O3)cc2-c2ccc(N(c3ccccc3)c3ccccc3)cc21. The molecule has 1 fully saturated rings. The van der Waals surface area contributed by atoms with Crippen molar-refractivity contribution in [2.75, 3.05) is 9.80 Å². The fourth-order valence-corrected chi connectivity index (χ4v) is 8.25. The summed E-state index contributed by atoms with van der Waals surface area (Å²) in [7, 11) is -0.680. The zero-order chi connectivity index (χ0) is 39.4. The van der Waals surface area contributed by atoms with Crippen molar-refractivity contribution >= 4 is 46.7 Å². The molecule has 2 aliphatic rings. The molecule has 1 aliphatic heterocycles. The molecule has 7 aromatic rings. The molecule has 0 unspecified atom stereocenters. The van der Waals surface area contributed by atoms with Gasteiger partial charge in [0.1, 0.15) is 11.5 Å². The van der Waals surface area contributed by atoms with Crippen LogP contribution in [0.3, 0.4) is 0 Å². The Balaban J connectivity index is 1.14. The minimum atomic E-state index is -0.680. The first-order valence-corrected chi connectivity index (χ1v) is 19.8. The van der Waals surface area contributed by atoms with E-state index in [0.29, 0.717) is 5.75 Å². The molecule has 9 rings (SSSR count). The van der Waals surface area contributed by atoms with Crippen molar-refractivity contribution in [3.8, 4) is 22.6 Å². The van der Waals surface area contributed by atoms with Gasteiger partial charge in [-0.2, -0.15) is 0 Å². The second kappa shape index (κ2) is 14.1. The molecule has 0 saturated carbocycles. The van der Waals surface area contributed by atoms with Gasteiger partial charge in [-0.3, -0.25) is 0 Å². The number of hydrogen-bond acceptors (Lipinski definition) is 5. The summed E-state index contributed by atoms with van der Waals surface area (Å²) in [6.45, 7) is 13.0. The maximum absolute atomic E-state index is 7.01. The topological polar surface area (TPSA) is 34.2 Å². The predicted molar refractivity (Wildman–Crippen MR) is 236 cm³/mol. The van der Waals surface area contributed by atoms with E-state index in [1.54, 1.807) is 0 Å². The van der Waals surface area contributed by atoms with Crippen molar-refractivity contribution < 1.29 is 14.0 Å². The van der Waals surface area contributed by atoms with Crippen LogP contribution >= 0.6 is 0 Å². The van der Waals surface area contributed by atoms with Crippen LogP contribution in [0.15, 0.2) is 176 Å². The van der Waals surface area contributed by atoms with E-state index in [-0.39, 0.29) is 5.41 Å². The van der Waals surface area contributed by atoms with E-state index in [0.717, 1.165) is 45.3 Å². The Morgan fingerprint density at radius 1 is 0.439 bits per heavy atom. The lowest BCUT2D eigenvalue weighted by molar-refractivity contribution is 0.00578. The molecule has 7 aromatic carbocycles. The molecular weight excluding hydrogens is 699 g/mol. The van der Waals surface area contributed by atoms with Crippen LogP contribution in [0.2, 0.25) is 0 Å². The molecule has 1 heterocycles. The number of ether oxygens (including phenoxy) is 1. The van der Waals surface area contributed by atoms with E-state index >= 15 is 0 Å². The highest BCUT2D eigenvalue weighted by Crippen LogP contribution is 2.52. The quantitative estimate of drug-likeness (QED) is 0.137. The van der Waals surface area contributed by atoms with Crippen molar-refractivity contribution in [3.63, 3.8) is 0 Å². The lowest BCUT2D eigenvalue weighted by atomic mass is 9.76. The van der Waals surface area contributed by atoms with Gasteiger partial charge in [0.05, 0.1) is 11.2 Å². The number of nitrogens with zero attached hydrogens (tertiary/aromatic N) is 2. The molecule has 0 N–H and O–H groups in total. The lowest BCUT2D eigenvalue weighted by Gasteiger charge is -2.32.